The predicted molar refractivity (Wildman–Crippen MR) is 101 cm³/mol. The molecule has 0 bridgehead atoms. The van der Waals surface area contributed by atoms with Crippen LogP contribution in [0.1, 0.15) is 17.5 Å². The van der Waals surface area contributed by atoms with Crippen molar-refractivity contribution in [2.24, 2.45) is 10.7 Å². The number of hydrogen-bond donors (Lipinski definition) is 2. The Balaban J connectivity index is 1.66. The third kappa shape index (κ3) is 4.60. The molecule has 1 heterocycles. The van der Waals surface area contributed by atoms with Crippen molar-refractivity contribution >= 4 is 12.1 Å². The minimum atomic E-state index is -0.998. The molecule has 140 valence electrons. The fourth-order valence-electron chi connectivity index (χ4n) is 3.03. The first-order valence-corrected chi connectivity index (χ1v) is 8.63. The van der Waals surface area contributed by atoms with Crippen LogP contribution in [0.5, 0.6) is 5.75 Å². The quantitative estimate of drug-likeness (QED) is 0.751. The van der Waals surface area contributed by atoms with E-state index in [0.717, 1.165) is 5.56 Å². The van der Waals surface area contributed by atoms with Crippen LogP contribution >= 0.6 is 0 Å². The van der Waals surface area contributed by atoms with Gasteiger partial charge in [-0.1, -0.05) is 36.4 Å². The molecular formula is C21H21FN2O3. The van der Waals surface area contributed by atoms with E-state index in [0.29, 0.717) is 17.7 Å². The number of primary amides is 1. The Morgan fingerprint density at radius 2 is 1.96 bits per heavy atom. The topological polar surface area (TPSA) is 84.9 Å². The van der Waals surface area contributed by atoms with Crippen LogP contribution in [0.15, 0.2) is 65.7 Å². The number of nitrogens with zero attached hydrogens (tertiary/aromatic N) is 1. The summed E-state index contributed by atoms with van der Waals surface area (Å²) in [6.07, 6.45) is 4.39. The Hall–Kier alpha value is -2.99. The van der Waals surface area contributed by atoms with Crippen LogP contribution in [0.2, 0.25) is 0 Å². The summed E-state index contributed by atoms with van der Waals surface area (Å²) in [5.74, 6) is -0.265. The van der Waals surface area contributed by atoms with Gasteiger partial charge in [0.1, 0.15) is 23.7 Å². The van der Waals surface area contributed by atoms with Crippen molar-refractivity contribution in [3.8, 4) is 5.75 Å². The van der Waals surface area contributed by atoms with Crippen LogP contribution in [0.3, 0.4) is 0 Å². The van der Waals surface area contributed by atoms with Crippen molar-refractivity contribution in [1.82, 2.24) is 0 Å². The zero-order valence-corrected chi connectivity index (χ0v) is 14.7. The van der Waals surface area contributed by atoms with Gasteiger partial charge in [0.05, 0.1) is 12.5 Å². The first kappa shape index (κ1) is 18.8. The molecule has 1 aliphatic rings. The van der Waals surface area contributed by atoms with Gasteiger partial charge >= 0.3 is 0 Å². The number of carbonyl (C=O) groups excluding carboxylic acids is 1. The summed E-state index contributed by atoms with van der Waals surface area (Å²) in [6.45, 7) is 0.139. The molecule has 27 heavy (non-hydrogen) atoms. The average Bonchev–Trinajstić information content (AvgIpc) is 3.12. The molecule has 0 aromatic heterocycles. The lowest BCUT2D eigenvalue weighted by Crippen LogP contribution is -2.42. The first-order valence-electron chi connectivity index (χ1n) is 8.63. The van der Waals surface area contributed by atoms with Crippen LogP contribution in [0, 0.1) is 5.82 Å². The zero-order chi connectivity index (χ0) is 19.3. The van der Waals surface area contributed by atoms with E-state index in [-0.39, 0.29) is 18.8 Å². The molecular weight excluding hydrogens is 347 g/mol. The number of ether oxygens (including phenoxy) is 1. The third-order valence-electron chi connectivity index (χ3n) is 4.52. The second-order valence-corrected chi connectivity index (χ2v) is 6.52. The van der Waals surface area contributed by atoms with E-state index in [1.807, 2.05) is 12.1 Å². The van der Waals surface area contributed by atoms with E-state index in [1.54, 1.807) is 48.7 Å². The van der Waals surface area contributed by atoms with E-state index in [1.165, 1.54) is 6.07 Å². The Labute approximate surface area is 157 Å². The molecule has 3 N–H and O–H groups in total. The first-order chi connectivity index (χ1) is 13.0. The van der Waals surface area contributed by atoms with Gasteiger partial charge in [-0.05, 0) is 29.8 Å². The Bertz CT molecular complexity index is 850. The van der Waals surface area contributed by atoms with Gasteiger partial charge < -0.3 is 15.6 Å². The van der Waals surface area contributed by atoms with Gasteiger partial charge in [-0.15, -0.1) is 0 Å². The number of aliphatic hydroxyl groups excluding tert-OH is 1. The number of halogens is 1. The van der Waals surface area contributed by atoms with Gasteiger partial charge in [-0.2, -0.15) is 0 Å². The monoisotopic (exact) mass is 368 g/mol. The van der Waals surface area contributed by atoms with Gasteiger partial charge in [0, 0.05) is 18.2 Å². The Morgan fingerprint density at radius 3 is 2.59 bits per heavy atom. The molecule has 0 spiro atoms. The molecule has 2 aromatic rings. The number of amides is 1. The van der Waals surface area contributed by atoms with Crippen molar-refractivity contribution < 1.29 is 19.0 Å². The van der Waals surface area contributed by atoms with Gasteiger partial charge in [-0.3, -0.25) is 9.79 Å². The normalized spacial score (nSPS) is 19.2. The van der Waals surface area contributed by atoms with Gasteiger partial charge in [0.25, 0.3) is 0 Å². The van der Waals surface area contributed by atoms with Gasteiger partial charge in [0.2, 0.25) is 5.91 Å². The lowest BCUT2D eigenvalue weighted by atomic mass is 9.85. The average molecular weight is 368 g/mol. The maximum atomic E-state index is 13.6. The summed E-state index contributed by atoms with van der Waals surface area (Å²) in [7, 11) is 0. The molecule has 5 nitrogen and oxygen atoms in total. The largest absolute Gasteiger partial charge is 0.489 e. The molecule has 0 aliphatic carbocycles. The van der Waals surface area contributed by atoms with Gasteiger partial charge in [-0.25, -0.2) is 4.39 Å². The molecule has 0 fully saturated rings. The molecule has 6 heteroatoms. The number of rotatable bonds is 8. The summed E-state index contributed by atoms with van der Waals surface area (Å²) in [4.78, 5) is 15.5. The van der Waals surface area contributed by atoms with Crippen LogP contribution in [-0.2, 0) is 17.8 Å². The van der Waals surface area contributed by atoms with Crippen molar-refractivity contribution in [2.75, 3.05) is 0 Å². The molecule has 3 rings (SSSR count). The maximum Gasteiger partial charge on any atom is 0.220 e. The number of carbonyl (C=O) groups is 1. The summed E-state index contributed by atoms with van der Waals surface area (Å²) in [5, 5.41) is 10.4. The Morgan fingerprint density at radius 1 is 1.22 bits per heavy atom. The van der Waals surface area contributed by atoms with E-state index in [2.05, 4.69) is 4.99 Å². The van der Waals surface area contributed by atoms with Crippen LogP contribution in [0.4, 0.5) is 4.39 Å². The highest BCUT2D eigenvalue weighted by molar-refractivity contribution is 5.77. The SMILES string of the molecule is NC(=O)CC(O)C1(Cc2ccc(OCc3ccccc3F)cc2)C=CC=N1. The lowest BCUT2D eigenvalue weighted by Gasteiger charge is -2.29. The van der Waals surface area contributed by atoms with Crippen LogP contribution < -0.4 is 10.5 Å². The Kier molecular flexibility index (Phi) is 5.66. The molecule has 2 atom stereocenters. The minimum absolute atomic E-state index is 0.139. The van der Waals surface area contributed by atoms with E-state index in [4.69, 9.17) is 10.5 Å². The molecule has 0 saturated heterocycles. The molecule has 2 aromatic carbocycles. The summed E-state index contributed by atoms with van der Waals surface area (Å²) >= 11 is 0. The number of benzene rings is 2. The maximum absolute atomic E-state index is 13.6. The van der Waals surface area contributed by atoms with Crippen LogP contribution in [0.25, 0.3) is 0 Å². The number of aliphatic hydroxyl groups is 1. The van der Waals surface area contributed by atoms with Gasteiger partial charge in [0.15, 0.2) is 0 Å². The minimum Gasteiger partial charge on any atom is -0.489 e. The summed E-state index contributed by atoms with van der Waals surface area (Å²) in [5.41, 5.74) is 5.71. The third-order valence-corrected chi connectivity index (χ3v) is 4.52. The molecule has 2 unspecified atom stereocenters. The highest BCUT2D eigenvalue weighted by atomic mass is 19.1. The fraction of sp³-hybridized carbons (Fsp3) is 0.238. The number of nitrogens with two attached hydrogens (primary N) is 1. The van der Waals surface area contributed by atoms with E-state index >= 15 is 0 Å². The highest BCUT2D eigenvalue weighted by Gasteiger charge is 2.37. The molecule has 0 saturated carbocycles. The fourth-order valence-corrected chi connectivity index (χ4v) is 3.03. The predicted octanol–water partition coefficient (Wildman–Crippen LogP) is 2.56. The second kappa shape index (κ2) is 8.14. The second-order valence-electron chi connectivity index (χ2n) is 6.52. The summed E-state index contributed by atoms with van der Waals surface area (Å²) in [6, 6.07) is 13.8. The number of hydrogen-bond acceptors (Lipinski definition) is 4. The lowest BCUT2D eigenvalue weighted by molar-refractivity contribution is -0.120. The van der Waals surface area contributed by atoms with E-state index in [9.17, 15) is 14.3 Å². The molecule has 0 radical (unpaired) electrons. The van der Waals surface area contributed by atoms with Crippen molar-refractivity contribution in [2.45, 2.75) is 31.1 Å². The highest BCUT2D eigenvalue weighted by Crippen LogP contribution is 2.29. The number of aliphatic imine (C=N–C) groups is 1. The smallest absolute Gasteiger partial charge is 0.220 e. The van der Waals surface area contributed by atoms with E-state index < -0.39 is 17.6 Å². The summed E-state index contributed by atoms with van der Waals surface area (Å²) < 4.78 is 19.3. The van der Waals surface area contributed by atoms with Crippen molar-refractivity contribution in [3.63, 3.8) is 0 Å². The van der Waals surface area contributed by atoms with Crippen LogP contribution in [-0.4, -0.2) is 28.9 Å². The van der Waals surface area contributed by atoms with Crippen molar-refractivity contribution in [3.05, 3.63) is 77.6 Å². The zero-order valence-electron chi connectivity index (χ0n) is 14.7. The number of allylic oxidation sites excluding steroid dienone is 1. The standard InChI is InChI=1S/C21H21FN2O3/c22-18-5-2-1-4-16(18)14-27-17-8-6-15(7-9-17)13-21(10-3-11-24-21)19(25)12-20(23)26/h1-11,19,25H,12-14H2,(H2,23,26). The molecule has 1 aliphatic heterocycles. The van der Waals surface area contributed by atoms with Crippen molar-refractivity contribution in [1.29, 1.82) is 0 Å². The molecule has 1 amide bonds.